The Morgan fingerprint density at radius 2 is 2.11 bits per heavy atom. The Labute approximate surface area is 159 Å². The number of hydrogen-bond donors (Lipinski definition) is 3. The second-order valence-corrected chi connectivity index (χ2v) is 6.89. The molecule has 3 aromatic rings. The summed E-state index contributed by atoms with van der Waals surface area (Å²) in [7, 11) is 2.86. The molecule has 1 aliphatic rings. The van der Waals surface area contributed by atoms with Crippen LogP contribution in [-0.4, -0.2) is 51.3 Å². The number of rotatable bonds is 3. The van der Waals surface area contributed by atoms with Crippen LogP contribution in [0.2, 0.25) is 0 Å². The first-order valence-corrected chi connectivity index (χ1v) is 8.68. The quantitative estimate of drug-likeness (QED) is 0.446. The molecule has 0 radical (unpaired) electrons. The molecule has 0 spiro atoms. The average Bonchev–Trinajstić information content (AvgIpc) is 3.14. The van der Waals surface area contributed by atoms with Crippen LogP contribution in [0.1, 0.15) is 5.56 Å². The van der Waals surface area contributed by atoms with E-state index in [0.29, 0.717) is 22.0 Å². The molecular weight excluding hydrogens is 366 g/mol. The van der Waals surface area contributed by atoms with Crippen LogP contribution in [-0.2, 0) is 23.0 Å². The number of esters is 1. The highest BCUT2D eigenvalue weighted by molar-refractivity contribution is 5.99. The third-order valence-electron chi connectivity index (χ3n) is 5.39. The lowest BCUT2D eigenvalue weighted by Gasteiger charge is -2.28. The number of pyridine rings is 1. The van der Waals surface area contributed by atoms with E-state index in [1.165, 1.54) is 6.07 Å². The van der Waals surface area contributed by atoms with Crippen molar-refractivity contribution >= 4 is 27.8 Å². The zero-order chi connectivity index (χ0) is 20.2. The van der Waals surface area contributed by atoms with Gasteiger partial charge in [0.1, 0.15) is 17.6 Å². The number of fused-ring (bicyclic) bond motifs is 4. The van der Waals surface area contributed by atoms with Crippen molar-refractivity contribution in [3.05, 3.63) is 46.1 Å². The van der Waals surface area contributed by atoms with Crippen molar-refractivity contribution in [3.63, 3.8) is 0 Å². The first-order chi connectivity index (χ1) is 13.3. The monoisotopic (exact) mass is 385 g/mol. The standard InChI is InChI=1S/C20H19NO7/c1-21-12-6-4-3-5-10(12)18(24)16-13(23)8-14-11(17(16)21)7-15(28-14)20(26,9-22)19(25)27-2/h3-6,8,15,22-23,26H,7,9H2,1-2H3/t15-,20+/m0/s1. The van der Waals surface area contributed by atoms with E-state index in [4.69, 9.17) is 4.74 Å². The summed E-state index contributed by atoms with van der Waals surface area (Å²) < 4.78 is 12.1. The topological polar surface area (TPSA) is 118 Å². The molecule has 2 heterocycles. The molecule has 1 aromatic heterocycles. The molecule has 8 heteroatoms. The van der Waals surface area contributed by atoms with Gasteiger partial charge in [0.25, 0.3) is 0 Å². The molecule has 0 bridgehead atoms. The third kappa shape index (κ3) is 2.31. The number of aromatic nitrogens is 1. The van der Waals surface area contributed by atoms with Crippen molar-refractivity contribution in [2.75, 3.05) is 13.7 Å². The number of phenolic OH excluding ortho intramolecular Hbond substituents is 1. The van der Waals surface area contributed by atoms with E-state index in [-0.39, 0.29) is 28.7 Å². The Bertz CT molecular complexity index is 1180. The first kappa shape index (κ1) is 18.3. The zero-order valence-electron chi connectivity index (χ0n) is 15.3. The molecule has 4 rings (SSSR count). The average molecular weight is 385 g/mol. The lowest BCUT2D eigenvalue weighted by atomic mass is 9.92. The predicted octanol–water partition coefficient (Wildman–Crippen LogP) is 0.597. The molecule has 146 valence electrons. The zero-order valence-corrected chi connectivity index (χ0v) is 15.3. The summed E-state index contributed by atoms with van der Waals surface area (Å²) in [5.74, 6) is -1.05. The molecule has 1 aliphatic heterocycles. The fourth-order valence-corrected chi connectivity index (χ4v) is 3.90. The van der Waals surface area contributed by atoms with E-state index in [2.05, 4.69) is 4.74 Å². The van der Waals surface area contributed by atoms with Gasteiger partial charge < -0.3 is 29.4 Å². The molecule has 0 fully saturated rings. The number of ether oxygens (including phenoxy) is 2. The summed E-state index contributed by atoms with van der Waals surface area (Å²) in [5.41, 5.74) is -0.921. The minimum Gasteiger partial charge on any atom is -0.507 e. The molecule has 0 amide bonds. The second kappa shape index (κ2) is 6.22. The van der Waals surface area contributed by atoms with Gasteiger partial charge in [-0.3, -0.25) is 4.79 Å². The maximum Gasteiger partial charge on any atom is 0.344 e. The molecule has 3 N–H and O–H groups in total. The minimum atomic E-state index is -2.27. The Morgan fingerprint density at radius 1 is 1.39 bits per heavy atom. The van der Waals surface area contributed by atoms with Crippen molar-refractivity contribution < 1.29 is 29.6 Å². The first-order valence-electron chi connectivity index (χ1n) is 8.68. The van der Waals surface area contributed by atoms with Crippen LogP contribution in [0.25, 0.3) is 21.8 Å². The van der Waals surface area contributed by atoms with Gasteiger partial charge in [0.15, 0.2) is 0 Å². The Balaban J connectivity index is 1.99. The number of benzene rings is 2. The number of aryl methyl sites for hydroxylation is 1. The minimum absolute atomic E-state index is 0.0455. The number of carbonyl (C=O) groups excluding carboxylic acids is 1. The van der Waals surface area contributed by atoms with Crippen LogP contribution in [0.4, 0.5) is 0 Å². The Morgan fingerprint density at radius 3 is 2.79 bits per heavy atom. The van der Waals surface area contributed by atoms with Crippen molar-refractivity contribution in [1.82, 2.24) is 4.57 Å². The third-order valence-corrected chi connectivity index (χ3v) is 5.39. The number of phenols is 1. The fourth-order valence-electron chi connectivity index (χ4n) is 3.90. The number of aliphatic hydroxyl groups is 2. The molecule has 0 aliphatic carbocycles. The van der Waals surface area contributed by atoms with Crippen LogP contribution in [0.5, 0.6) is 11.5 Å². The van der Waals surface area contributed by atoms with E-state index in [9.17, 15) is 24.9 Å². The van der Waals surface area contributed by atoms with E-state index in [1.54, 1.807) is 35.9 Å². The summed E-state index contributed by atoms with van der Waals surface area (Å²) in [5, 5.41) is 31.3. The number of aromatic hydroxyl groups is 1. The number of hydrogen-bond acceptors (Lipinski definition) is 7. The van der Waals surface area contributed by atoms with E-state index in [1.807, 2.05) is 0 Å². The van der Waals surface area contributed by atoms with Crippen molar-refractivity contribution in [3.8, 4) is 11.5 Å². The molecule has 8 nitrogen and oxygen atoms in total. The normalized spacial score (nSPS) is 17.9. The highest BCUT2D eigenvalue weighted by atomic mass is 16.6. The van der Waals surface area contributed by atoms with Crippen molar-refractivity contribution in [1.29, 1.82) is 0 Å². The summed E-state index contributed by atoms with van der Waals surface area (Å²) in [4.78, 5) is 25.0. The molecule has 2 atom stereocenters. The summed E-state index contributed by atoms with van der Waals surface area (Å²) in [6, 6.07) is 8.32. The number of para-hydroxylation sites is 1. The van der Waals surface area contributed by atoms with Crippen LogP contribution in [0.3, 0.4) is 0 Å². The summed E-state index contributed by atoms with van der Waals surface area (Å²) in [6.45, 7) is -0.899. The van der Waals surface area contributed by atoms with Gasteiger partial charge in [-0.15, -0.1) is 0 Å². The summed E-state index contributed by atoms with van der Waals surface area (Å²) >= 11 is 0. The highest BCUT2D eigenvalue weighted by Crippen LogP contribution is 2.42. The van der Waals surface area contributed by atoms with E-state index >= 15 is 0 Å². The SMILES string of the molecule is COC(=O)[C@@](O)(CO)[C@@H]1Cc2c(cc(O)c3c(=O)c4ccccc4n(C)c23)O1. The van der Waals surface area contributed by atoms with Crippen LogP contribution < -0.4 is 10.2 Å². The van der Waals surface area contributed by atoms with Gasteiger partial charge >= 0.3 is 5.97 Å². The van der Waals surface area contributed by atoms with E-state index in [0.717, 1.165) is 7.11 Å². The Hall–Kier alpha value is -3.10. The maximum absolute atomic E-state index is 13.0. The van der Waals surface area contributed by atoms with Crippen LogP contribution in [0.15, 0.2) is 35.1 Å². The van der Waals surface area contributed by atoms with Gasteiger partial charge in [-0.25, -0.2) is 4.79 Å². The molecule has 0 unspecified atom stereocenters. The number of aliphatic hydroxyl groups excluding tert-OH is 1. The fraction of sp³-hybridized carbons (Fsp3) is 0.300. The van der Waals surface area contributed by atoms with E-state index < -0.39 is 24.3 Å². The van der Waals surface area contributed by atoms with Gasteiger partial charge in [0.2, 0.25) is 11.0 Å². The molecular formula is C20H19NO7. The van der Waals surface area contributed by atoms with Crippen molar-refractivity contribution in [2.24, 2.45) is 7.05 Å². The van der Waals surface area contributed by atoms with Gasteiger partial charge in [-0.05, 0) is 12.1 Å². The van der Waals surface area contributed by atoms with Crippen LogP contribution >= 0.6 is 0 Å². The van der Waals surface area contributed by atoms with Crippen LogP contribution in [0, 0.1) is 0 Å². The van der Waals surface area contributed by atoms with Gasteiger partial charge in [0, 0.05) is 30.5 Å². The van der Waals surface area contributed by atoms with Gasteiger partial charge in [-0.1, -0.05) is 12.1 Å². The largest absolute Gasteiger partial charge is 0.507 e. The van der Waals surface area contributed by atoms with Gasteiger partial charge in [0.05, 0.1) is 30.1 Å². The highest BCUT2D eigenvalue weighted by Gasteiger charge is 2.50. The van der Waals surface area contributed by atoms with Crippen molar-refractivity contribution in [2.45, 2.75) is 18.1 Å². The number of nitrogens with zero attached hydrogens (tertiary/aromatic N) is 1. The predicted molar refractivity (Wildman–Crippen MR) is 101 cm³/mol. The molecule has 2 aromatic carbocycles. The lowest BCUT2D eigenvalue weighted by molar-refractivity contribution is -0.177. The molecule has 0 saturated carbocycles. The number of carbonyl (C=O) groups is 1. The Kier molecular flexibility index (Phi) is 4.06. The maximum atomic E-state index is 13.0. The molecule has 28 heavy (non-hydrogen) atoms. The molecule has 0 saturated heterocycles. The number of methoxy groups -OCH3 is 1. The van der Waals surface area contributed by atoms with Gasteiger partial charge in [-0.2, -0.15) is 0 Å². The second-order valence-electron chi connectivity index (χ2n) is 6.89. The lowest BCUT2D eigenvalue weighted by Crippen LogP contribution is -2.55. The summed E-state index contributed by atoms with van der Waals surface area (Å²) in [6.07, 6.45) is -1.09. The smallest absolute Gasteiger partial charge is 0.344 e.